The molecule has 2 N–H and O–H groups in total. The molecule has 96 valence electrons. The van der Waals surface area contributed by atoms with E-state index in [1.807, 2.05) is 0 Å². The van der Waals surface area contributed by atoms with Crippen LogP contribution in [0.3, 0.4) is 0 Å². The van der Waals surface area contributed by atoms with Gasteiger partial charge in [-0.05, 0) is 48.6 Å². The fraction of sp³-hybridized carbons (Fsp3) is 0.333. The van der Waals surface area contributed by atoms with Gasteiger partial charge in [0, 0.05) is 30.2 Å². The van der Waals surface area contributed by atoms with E-state index >= 15 is 0 Å². The maximum atomic E-state index is 3.45. The standard InChI is InChI=1S/C15H20N2S/c1-12-8-13(2)10-14(9-12)17-6-5-16-11-15-4-3-7-18-15/h3-4,7-10,16-17H,5-6,11H2,1-2H3. The summed E-state index contributed by atoms with van der Waals surface area (Å²) in [7, 11) is 0. The van der Waals surface area contributed by atoms with Crippen molar-refractivity contribution in [1.82, 2.24) is 5.32 Å². The van der Waals surface area contributed by atoms with Gasteiger partial charge in [0.1, 0.15) is 0 Å². The summed E-state index contributed by atoms with van der Waals surface area (Å²) in [5, 5.41) is 9.00. The first-order chi connectivity index (χ1) is 8.74. The van der Waals surface area contributed by atoms with E-state index in [0.717, 1.165) is 19.6 Å². The molecule has 0 saturated carbocycles. The van der Waals surface area contributed by atoms with E-state index in [1.54, 1.807) is 11.3 Å². The van der Waals surface area contributed by atoms with Gasteiger partial charge in [-0.3, -0.25) is 0 Å². The van der Waals surface area contributed by atoms with Crippen molar-refractivity contribution in [3.8, 4) is 0 Å². The van der Waals surface area contributed by atoms with Crippen LogP contribution in [0, 0.1) is 13.8 Å². The van der Waals surface area contributed by atoms with Gasteiger partial charge in [-0.2, -0.15) is 0 Å². The van der Waals surface area contributed by atoms with Crippen LogP contribution in [0.1, 0.15) is 16.0 Å². The molecule has 0 aliphatic rings. The van der Waals surface area contributed by atoms with Crippen LogP contribution in [0.4, 0.5) is 5.69 Å². The summed E-state index contributed by atoms with van der Waals surface area (Å²) in [4.78, 5) is 1.39. The van der Waals surface area contributed by atoms with Crippen LogP contribution in [0.15, 0.2) is 35.7 Å². The van der Waals surface area contributed by atoms with Crippen LogP contribution in [-0.4, -0.2) is 13.1 Å². The van der Waals surface area contributed by atoms with Gasteiger partial charge >= 0.3 is 0 Å². The van der Waals surface area contributed by atoms with E-state index < -0.39 is 0 Å². The maximum Gasteiger partial charge on any atom is 0.0345 e. The van der Waals surface area contributed by atoms with Crippen LogP contribution in [0.25, 0.3) is 0 Å². The summed E-state index contributed by atoms with van der Waals surface area (Å²) in [5.74, 6) is 0. The van der Waals surface area contributed by atoms with Crippen molar-refractivity contribution < 1.29 is 0 Å². The van der Waals surface area contributed by atoms with Crippen LogP contribution in [-0.2, 0) is 6.54 Å². The van der Waals surface area contributed by atoms with Crippen molar-refractivity contribution in [2.75, 3.05) is 18.4 Å². The molecule has 0 aliphatic carbocycles. The number of hydrogen-bond acceptors (Lipinski definition) is 3. The Kier molecular flexibility index (Phi) is 4.79. The minimum absolute atomic E-state index is 0.953. The van der Waals surface area contributed by atoms with Crippen molar-refractivity contribution in [2.24, 2.45) is 0 Å². The summed E-state index contributed by atoms with van der Waals surface area (Å²) in [5.41, 5.74) is 3.83. The molecule has 1 heterocycles. The Morgan fingerprint density at radius 3 is 2.50 bits per heavy atom. The molecule has 0 aliphatic heterocycles. The highest BCUT2D eigenvalue weighted by Gasteiger charge is 1.96. The number of anilines is 1. The van der Waals surface area contributed by atoms with E-state index in [2.05, 4.69) is 60.2 Å². The molecule has 0 bridgehead atoms. The monoisotopic (exact) mass is 260 g/mol. The number of nitrogens with one attached hydrogen (secondary N) is 2. The molecule has 1 aromatic carbocycles. The predicted molar refractivity (Wildman–Crippen MR) is 80.4 cm³/mol. The summed E-state index contributed by atoms with van der Waals surface area (Å²) in [6, 6.07) is 10.8. The number of rotatable bonds is 6. The summed E-state index contributed by atoms with van der Waals surface area (Å²) < 4.78 is 0. The first-order valence-electron chi connectivity index (χ1n) is 6.29. The maximum absolute atomic E-state index is 3.45. The van der Waals surface area contributed by atoms with Crippen molar-refractivity contribution in [3.63, 3.8) is 0 Å². The molecule has 2 nitrogen and oxygen atoms in total. The summed E-state index contributed by atoms with van der Waals surface area (Å²) in [6.07, 6.45) is 0. The second kappa shape index (κ2) is 6.57. The molecule has 0 amide bonds. The molecule has 2 aromatic rings. The topological polar surface area (TPSA) is 24.1 Å². The lowest BCUT2D eigenvalue weighted by molar-refractivity contribution is 0.714. The number of aryl methyl sites for hydroxylation is 2. The van der Waals surface area contributed by atoms with E-state index in [0.29, 0.717) is 0 Å². The van der Waals surface area contributed by atoms with E-state index in [-0.39, 0.29) is 0 Å². The lowest BCUT2D eigenvalue weighted by atomic mass is 10.1. The largest absolute Gasteiger partial charge is 0.384 e. The molecular formula is C15H20N2S. The van der Waals surface area contributed by atoms with Gasteiger partial charge in [0.25, 0.3) is 0 Å². The normalized spacial score (nSPS) is 10.6. The van der Waals surface area contributed by atoms with Crippen LogP contribution < -0.4 is 10.6 Å². The van der Waals surface area contributed by atoms with Crippen LogP contribution in [0.5, 0.6) is 0 Å². The Balaban J connectivity index is 1.68. The smallest absolute Gasteiger partial charge is 0.0345 e. The number of thiophene rings is 1. The average molecular weight is 260 g/mol. The molecule has 3 heteroatoms. The quantitative estimate of drug-likeness (QED) is 0.776. The zero-order valence-corrected chi connectivity index (χ0v) is 11.8. The molecule has 1 aromatic heterocycles. The fourth-order valence-corrected chi connectivity index (χ4v) is 2.67. The Morgan fingerprint density at radius 1 is 1.06 bits per heavy atom. The van der Waals surface area contributed by atoms with Crippen LogP contribution in [0.2, 0.25) is 0 Å². The number of hydrogen-bond donors (Lipinski definition) is 2. The molecular weight excluding hydrogens is 240 g/mol. The Bertz CT molecular complexity index is 457. The van der Waals surface area contributed by atoms with Crippen molar-refractivity contribution in [3.05, 3.63) is 51.7 Å². The van der Waals surface area contributed by atoms with Gasteiger partial charge in [-0.25, -0.2) is 0 Å². The Morgan fingerprint density at radius 2 is 1.83 bits per heavy atom. The van der Waals surface area contributed by atoms with Crippen molar-refractivity contribution in [1.29, 1.82) is 0 Å². The third kappa shape index (κ3) is 4.17. The van der Waals surface area contributed by atoms with Gasteiger partial charge in [0.2, 0.25) is 0 Å². The van der Waals surface area contributed by atoms with Crippen LogP contribution >= 0.6 is 11.3 Å². The Labute approximate surface area is 113 Å². The highest BCUT2D eigenvalue weighted by atomic mass is 32.1. The van der Waals surface area contributed by atoms with Gasteiger partial charge < -0.3 is 10.6 Å². The molecule has 2 rings (SSSR count). The lowest BCUT2D eigenvalue weighted by Crippen LogP contribution is -2.21. The zero-order valence-electron chi connectivity index (χ0n) is 11.0. The highest BCUT2D eigenvalue weighted by Crippen LogP contribution is 2.13. The predicted octanol–water partition coefficient (Wildman–Crippen LogP) is 3.57. The average Bonchev–Trinajstić information content (AvgIpc) is 2.80. The molecule has 18 heavy (non-hydrogen) atoms. The fourth-order valence-electron chi connectivity index (χ4n) is 2.00. The van der Waals surface area contributed by atoms with Crippen molar-refractivity contribution >= 4 is 17.0 Å². The Hall–Kier alpha value is -1.32. The lowest BCUT2D eigenvalue weighted by Gasteiger charge is -2.09. The molecule has 0 radical (unpaired) electrons. The summed E-state index contributed by atoms with van der Waals surface area (Å²) in [6.45, 7) is 7.16. The van der Waals surface area contributed by atoms with Gasteiger partial charge in [0.15, 0.2) is 0 Å². The highest BCUT2D eigenvalue weighted by molar-refractivity contribution is 7.09. The molecule has 0 unspecified atom stereocenters. The van der Waals surface area contributed by atoms with Gasteiger partial charge in [-0.15, -0.1) is 11.3 Å². The minimum Gasteiger partial charge on any atom is -0.384 e. The third-order valence-corrected chi connectivity index (χ3v) is 3.61. The molecule has 0 saturated heterocycles. The second-order valence-electron chi connectivity index (χ2n) is 4.56. The van der Waals surface area contributed by atoms with Gasteiger partial charge in [0.05, 0.1) is 0 Å². The zero-order chi connectivity index (χ0) is 12.8. The van der Waals surface area contributed by atoms with Crippen molar-refractivity contribution in [2.45, 2.75) is 20.4 Å². The second-order valence-corrected chi connectivity index (χ2v) is 5.59. The SMILES string of the molecule is Cc1cc(C)cc(NCCNCc2cccs2)c1. The van der Waals surface area contributed by atoms with E-state index in [9.17, 15) is 0 Å². The number of benzene rings is 1. The molecule has 0 fully saturated rings. The summed E-state index contributed by atoms with van der Waals surface area (Å²) >= 11 is 1.80. The third-order valence-electron chi connectivity index (χ3n) is 2.73. The van der Waals surface area contributed by atoms with E-state index in [1.165, 1.54) is 21.7 Å². The first-order valence-corrected chi connectivity index (χ1v) is 7.17. The first kappa shape index (κ1) is 13.1. The molecule has 0 spiro atoms. The molecule has 0 atom stereocenters. The van der Waals surface area contributed by atoms with Gasteiger partial charge in [-0.1, -0.05) is 12.1 Å². The minimum atomic E-state index is 0.953. The van der Waals surface area contributed by atoms with E-state index in [4.69, 9.17) is 0 Å².